The molecule has 1 N–H and O–H groups in total. The van der Waals surface area contributed by atoms with Crippen molar-refractivity contribution in [1.82, 2.24) is 0 Å². The van der Waals surface area contributed by atoms with E-state index in [0.717, 1.165) is 42.6 Å². The number of carbonyl (C=O) groups is 1. The number of rotatable bonds is 1. The van der Waals surface area contributed by atoms with Crippen LogP contribution < -0.4 is 0 Å². The summed E-state index contributed by atoms with van der Waals surface area (Å²) in [6, 6.07) is 0. The zero-order chi connectivity index (χ0) is 16.4. The van der Waals surface area contributed by atoms with Crippen LogP contribution in [0.1, 0.15) is 72.1 Å². The van der Waals surface area contributed by atoms with Crippen molar-refractivity contribution in [2.45, 2.75) is 78.2 Å². The average Bonchev–Trinajstić information content (AvgIpc) is 2.82. The molecule has 0 aromatic carbocycles. The Morgan fingerprint density at radius 3 is 2.57 bits per heavy atom. The Kier molecular flexibility index (Phi) is 3.58. The van der Waals surface area contributed by atoms with Gasteiger partial charge in [0.05, 0.1) is 6.10 Å². The van der Waals surface area contributed by atoms with Crippen LogP contribution in [-0.2, 0) is 4.79 Å². The zero-order valence-electron chi connectivity index (χ0n) is 15.0. The fourth-order valence-electron chi connectivity index (χ4n) is 7.14. The standard InChI is InChI=1S/C21H32O2/c1-13(22)14-8-10-20(2)15(12-14)4-5-16-17-6-7-19(23)21(17,3)11-9-18(16)20/h8,15-19,23H,4-7,9-12H2,1-3H3/t15-,16-,17-,18-,19-,20-,21-/m0/s1. The van der Waals surface area contributed by atoms with Crippen molar-refractivity contribution in [1.29, 1.82) is 0 Å². The Morgan fingerprint density at radius 2 is 1.83 bits per heavy atom. The molecule has 0 heterocycles. The molecule has 0 aromatic heterocycles. The van der Waals surface area contributed by atoms with Gasteiger partial charge in [0, 0.05) is 0 Å². The molecule has 0 bridgehead atoms. The maximum atomic E-state index is 11.8. The van der Waals surface area contributed by atoms with Crippen molar-refractivity contribution >= 4 is 5.78 Å². The monoisotopic (exact) mass is 316 g/mol. The Bertz CT molecular complexity index is 550. The summed E-state index contributed by atoms with van der Waals surface area (Å²) in [5.41, 5.74) is 1.65. The summed E-state index contributed by atoms with van der Waals surface area (Å²) in [5.74, 6) is 3.31. The summed E-state index contributed by atoms with van der Waals surface area (Å²) in [6.07, 6.45) is 11.6. The maximum Gasteiger partial charge on any atom is 0.155 e. The van der Waals surface area contributed by atoms with Gasteiger partial charge in [0.15, 0.2) is 5.78 Å². The van der Waals surface area contributed by atoms with E-state index in [9.17, 15) is 9.90 Å². The number of allylic oxidation sites excluding steroid dienone is 2. The molecule has 0 aliphatic heterocycles. The smallest absolute Gasteiger partial charge is 0.155 e. The van der Waals surface area contributed by atoms with E-state index in [4.69, 9.17) is 0 Å². The summed E-state index contributed by atoms with van der Waals surface area (Å²) in [5, 5.41) is 10.5. The van der Waals surface area contributed by atoms with Crippen molar-refractivity contribution in [2.75, 3.05) is 0 Å². The first-order valence-corrected chi connectivity index (χ1v) is 9.74. The Labute approximate surface area is 140 Å². The van der Waals surface area contributed by atoms with Crippen LogP contribution in [0.4, 0.5) is 0 Å². The molecule has 4 aliphatic carbocycles. The van der Waals surface area contributed by atoms with Gasteiger partial charge in [-0.25, -0.2) is 0 Å². The SMILES string of the molecule is CC(=O)C1=CC[C@@]2(C)[C@@H](CC[C@@H]3[C@@H]2CC[C@]2(C)[C@@H](O)CC[C@@H]32)C1. The third kappa shape index (κ3) is 2.13. The molecule has 4 rings (SSSR count). The molecule has 0 spiro atoms. The normalized spacial score (nSPS) is 52.2. The number of ketones is 1. The van der Waals surface area contributed by atoms with Crippen LogP contribution in [-0.4, -0.2) is 17.0 Å². The number of aliphatic hydroxyl groups is 1. The third-order valence-corrected chi connectivity index (χ3v) is 8.72. The largest absolute Gasteiger partial charge is 0.393 e. The van der Waals surface area contributed by atoms with Gasteiger partial charge in [0.25, 0.3) is 0 Å². The predicted molar refractivity (Wildman–Crippen MR) is 91.9 cm³/mol. The molecule has 2 nitrogen and oxygen atoms in total. The lowest BCUT2D eigenvalue weighted by molar-refractivity contribution is -0.118. The Morgan fingerprint density at radius 1 is 1.09 bits per heavy atom. The van der Waals surface area contributed by atoms with Crippen LogP contribution in [0, 0.1) is 34.5 Å². The van der Waals surface area contributed by atoms with Gasteiger partial charge in [0.2, 0.25) is 0 Å². The van der Waals surface area contributed by atoms with E-state index in [1.54, 1.807) is 6.92 Å². The minimum absolute atomic E-state index is 0.0745. The molecule has 2 heteroatoms. The van der Waals surface area contributed by atoms with Crippen LogP contribution in [0.3, 0.4) is 0 Å². The Balaban J connectivity index is 1.63. The van der Waals surface area contributed by atoms with Crippen molar-refractivity contribution in [2.24, 2.45) is 34.5 Å². The highest BCUT2D eigenvalue weighted by Gasteiger charge is 2.59. The second-order valence-electron chi connectivity index (χ2n) is 9.49. The lowest BCUT2D eigenvalue weighted by atomic mass is 9.45. The minimum Gasteiger partial charge on any atom is -0.393 e. The van der Waals surface area contributed by atoms with E-state index < -0.39 is 0 Å². The first-order valence-electron chi connectivity index (χ1n) is 9.74. The number of fused-ring (bicyclic) bond motifs is 5. The molecule has 0 aromatic rings. The first-order chi connectivity index (χ1) is 10.9. The van der Waals surface area contributed by atoms with Gasteiger partial charge >= 0.3 is 0 Å². The quantitative estimate of drug-likeness (QED) is 0.772. The zero-order valence-corrected chi connectivity index (χ0v) is 15.0. The predicted octanol–water partition coefficient (Wildman–Crippen LogP) is 4.52. The number of Topliss-reactive ketones (excluding diaryl/α,β-unsaturated/α-hetero) is 1. The first kappa shape index (κ1) is 15.9. The summed E-state index contributed by atoms with van der Waals surface area (Å²) in [7, 11) is 0. The summed E-state index contributed by atoms with van der Waals surface area (Å²) in [4.78, 5) is 11.8. The van der Waals surface area contributed by atoms with Gasteiger partial charge in [-0.3, -0.25) is 4.79 Å². The van der Waals surface area contributed by atoms with Gasteiger partial charge in [-0.1, -0.05) is 19.9 Å². The summed E-state index contributed by atoms with van der Waals surface area (Å²) < 4.78 is 0. The second kappa shape index (κ2) is 5.18. The summed E-state index contributed by atoms with van der Waals surface area (Å²) in [6.45, 7) is 6.59. The van der Waals surface area contributed by atoms with Crippen molar-refractivity contribution in [3.8, 4) is 0 Å². The molecule has 7 atom stereocenters. The molecule has 4 aliphatic rings. The van der Waals surface area contributed by atoms with Gasteiger partial charge in [-0.05, 0) is 98.4 Å². The molecule has 0 unspecified atom stereocenters. The molecule has 0 radical (unpaired) electrons. The molecular formula is C21H32O2. The lowest BCUT2D eigenvalue weighted by Crippen LogP contribution is -2.53. The van der Waals surface area contributed by atoms with Crippen LogP contribution in [0.2, 0.25) is 0 Å². The Hall–Kier alpha value is -0.630. The number of carbonyl (C=O) groups excluding carboxylic acids is 1. The van der Waals surface area contributed by atoms with Gasteiger partial charge < -0.3 is 5.11 Å². The highest BCUT2D eigenvalue weighted by molar-refractivity contribution is 5.93. The van der Waals surface area contributed by atoms with E-state index in [2.05, 4.69) is 19.9 Å². The van der Waals surface area contributed by atoms with E-state index in [0.29, 0.717) is 11.3 Å². The molecule has 0 amide bonds. The van der Waals surface area contributed by atoms with Gasteiger partial charge in [-0.15, -0.1) is 0 Å². The average molecular weight is 316 g/mol. The molecule has 128 valence electrons. The van der Waals surface area contributed by atoms with Crippen LogP contribution >= 0.6 is 0 Å². The van der Waals surface area contributed by atoms with E-state index >= 15 is 0 Å². The van der Waals surface area contributed by atoms with Crippen molar-refractivity contribution in [3.63, 3.8) is 0 Å². The van der Waals surface area contributed by atoms with Crippen molar-refractivity contribution < 1.29 is 9.90 Å². The molecule has 23 heavy (non-hydrogen) atoms. The minimum atomic E-state index is -0.0745. The molecule has 0 saturated heterocycles. The fraction of sp³-hybridized carbons (Fsp3) is 0.857. The number of aliphatic hydroxyl groups excluding tert-OH is 1. The van der Waals surface area contributed by atoms with E-state index in [-0.39, 0.29) is 17.3 Å². The maximum absolute atomic E-state index is 11.8. The number of hydrogen-bond donors (Lipinski definition) is 1. The lowest BCUT2D eigenvalue weighted by Gasteiger charge is -2.59. The number of hydrogen-bond acceptors (Lipinski definition) is 2. The second-order valence-corrected chi connectivity index (χ2v) is 9.49. The topological polar surface area (TPSA) is 37.3 Å². The molecular weight excluding hydrogens is 284 g/mol. The highest BCUT2D eigenvalue weighted by Crippen LogP contribution is 2.65. The van der Waals surface area contributed by atoms with Gasteiger partial charge in [-0.2, -0.15) is 0 Å². The van der Waals surface area contributed by atoms with Crippen LogP contribution in [0.15, 0.2) is 11.6 Å². The third-order valence-electron chi connectivity index (χ3n) is 8.72. The summed E-state index contributed by atoms with van der Waals surface area (Å²) >= 11 is 0. The fourth-order valence-corrected chi connectivity index (χ4v) is 7.14. The van der Waals surface area contributed by atoms with Gasteiger partial charge in [0.1, 0.15) is 0 Å². The van der Waals surface area contributed by atoms with Crippen LogP contribution in [0.25, 0.3) is 0 Å². The molecule has 3 saturated carbocycles. The van der Waals surface area contributed by atoms with Crippen molar-refractivity contribution in [3.05, 3.63) is 11.6 Å². The highest BCUT2D eigenvalue weighted by atomic mass is 16.3. The molecule has 3 fully saturated rings. The van der Waals surface area contributed by atoms with E-state index in [1.165, 1.54) is 32.1 Å². The van der Waals surface area contributed by atoms with Crippen LogP contribution in [0.5, 0.6) is 0 Å². The van der Waals surface area contributed by atoms with E-state index in [1.807, 2.05) is 0 Å².